The lowest BCUT2D eigenvalue weighted by Gasteiger charge is -2.05. The Morgan fingerprint density at radius 1 is 1.48 bits per heavy atom. The predicted octanol–water partition coefficient (Wildman–Crippen LogP) is 2.89. The largest absolute Gasteiger partial charge is 0.497 e. The number of aromatic nitrogens is 1. The molecule has 3 rings (SSSR count). The Labute approximate surface area is 128 Å². The van der Waals surface area contributed by atoms with Crippen molar-refractivity contribution in [1.82, 2.24) is 10.3 Å². The van der Waals surface area contributed by atoms with E-state index in [0.717, 1.165) is 17.0 Å². The maximum Gasteiger partial charge on any atom is 0.224 e. The van der Waals surface area contributed by atoms with Gasteiger partial charge in [0.2, 0.25) is 5.91 Å². The zero-order valence-electron chi connectivity index (χ0n) is 12.0. The van der Waals surface area contributed by atoms with E-state index in [1.165, 1.54) is 17.8 Å². The van der Waals surface area contributed by atoms with Gasteiger partial charge in [-0.25, -0.2) is 4.98 Å². The molecule has 5 heteroatoms. The van der Waals surface area contributed by atoms with E-state index in [-0.39, 0.29) is 5.91 Å². The number of nitrogens with zero attached hydrogens (tertiary/aromatic N) is 1. The molecule has 0 radical (unpaired) electrons. The van der Waals surface area contributed by atoms with E-state index in [9.17, 15) is 4.79 Å². The third kappa shape index (κ3) is 3.82. The van der Waals surface area contributed by atoms with Gasteiger partial charge in [-0.15, -0.1) is 11.3 Å². The smallest absolute Gasteiger partial charge is 0.224 e. The Morgan fingerprint density at radius 3 is 3.10 bits per heavy atom. The minimum atomic E-state index is 0.00391. The Kier molecular flexibility index (Phi) is 4.20. The van der Waals surface area contributed by atoms with E-state index in [4.69, 9.17) is 4.74 Å². The van der Waals surface area contributed by atoms with Gasteiger partial charge in [-0.05, 0) is 30.5 Å². The summed E-state index contributed by atoms with van der Waals surface area (Å²) in [7, 11) is 1.62. The zero-order chi connectivity index (χ0) is 14.7. The molecule has 0 unspecified atom stereocenters. The molecule has 21 heavy (non-hydrogen) atoms. The third-order valence-corrected chi connectivity index (χ3v) is 4.52. The number of thiazole rings is 1. The predicted molar refractivity (Wildman–Crippen MR) is 82.6 cm³/mol. The highest BCUT2D eigenvalue weighted by Crippen LogP contribution is 2.41. The van der Waals surface area contributed by atoms with E-state index in [0.29, 0.717) is 18.9 Å². The molecule has 1 amide bonds. The van der Waals surface area contributed by atoms with Crippen molar-refractivity contribution in [3.8, 4) is 5.75 Å². The van der Waals surface area contributed by atoms with Gasteiger partial charge in [0.15, 0.2) is 0 Å². The Hall–Kier alpha value is -1.88. The van der Waals surface area contributed by atoms with Crippen LogP contribution in [0.4, 0.5) is 0 Å². The number of ether oxygens (including phenoxy) is 1. The maximum atomic E-state index is 12.0. The summed E-state index contributed by atoms with van der Waals surface area (Å²) in [5, 5.41) is 6.18. The molecule has 1 saturated carbocycles. The first-order valence-corrected chi connectivity index (χ1v) is 7.96. The summed E-state index contributed by atoms with van der Waals surface area (Å²) < 4.78 is 5.16. The summed E-state index contributed by atoms with van der Waals surface area (Å²) >= 11 is 1.70. The fourth-order valence-corrected chi connectivity index (χ4v) is 3.13. The third-order valence-electron chi connectivity index (χ3n) is 3.46. The second-order valence-electron chi connectivity index (χ2n) is 5.26. The van der Waals surface area contributed by atoms with Crippen molar-refractivity contribution < 1.29 is 9.53 Å². The van der Waals surface area contributed by atoms with E-state index in [1.54, 1.807) is 18.4 Å². The number of benzene rings is 1. The van der Waals surface area contributed by atoms with Crippen molar-refractivity contribution in [3.63, 3.8) is 0 Å². The summed E-state index contributed by atoms with van der Waals surface area (Å²) in [6.45, 7) is 0.506. The Morgan fingerprint density at radius 2 is 2.33 bits per heavy atom. The molecule has 1 aromatic carbocycles. The molecule has 0 atom stereocenters. The summed E-state index contributed by atoms with van der Waals surface area (Å²) in [5.41, 5.74) is 1.91. The van der Waals surface area contributed by atoms with Gasteiger partial charge >= 0.3 is 0 Å². The fourth-order valence-electron chi connectivity index (χ4n) is 2.14. The molecular formula is C16H18N2O2S. The van der Waals surface area contributed by atoms with Gasteiger partial charge < -0.3 is 10.1 Å². The lowest BCUT2D eigenvalue weighted by Crippen LogP contribution is -2.24. The standard InChI is InChI=1S/C16H18N2O2S/c1-20-14-4-2-3-11(7-14)8-15(19)17-9-13-10-21-16(18-13)12-5-6-12/h2-4,7,10,12H,5-6,8-9H2,1H3,(H,17,19). The number of hydrogen-bond donors (Lipinski definition) is 1. The molecule has 0 aliphatic heterocycles. The first kappa shape index (κ1) is 14.1. The number of hydrogen-bond acceptors (Lipinski definition) is 4. The van der Waals surface area contributed by atoms with Crippen molar-refractivity contribution in [2.75, 3.05) is 7.11 Å². The molecule has 0 saturated heterocycles. The summed E-state index contributed by atoms with van der Waals surface area (Å²) in [4.78, 5) is 16.5. The zero-order valence-corrected chi connectivity index (χ0v) is 12.8. The fraction of sp³-hybridized carbons (Fsp3) is 0.375. The van der Waals surface area contributed by atoms with Gasteiger partial charge in [0.1, 0.15) is 5.75 Å². The molecule has 2 aromatic rings. The number of methoxy groups -OCH3 is 1. The van der Waals surface area contributed by atoms with Crippen LogP contribution < -0.4 is 10.1 Å². The van der Waals surface area contributed by atoms with Gasteiger partial charge in [0.25, 0.3) is 0 Å². The van der Waals surface area contributed by atoms with Crippen LogP contribution >= 0.6 is 11.3 Å². The molecular weight excluding hydrogens is 284 g/mol. The summed E-state index contributed by atoms with van der Waals surface area (Å²) in [5.74, 6) is 1.45. The number of rotatable bonds is 6. The summed E-state index contributed by atoms with van der Waals surface area (Å²) in [6.07, 6.45) is 2.88. The number of carbonyl (C=O) groups is 1. The van der Waals surface area contributed by atoms with Gasteiger partial charge in [-0.2, -0.15) is 0 Å². The molecule has 1 N–H and O–H groups in total. The van der Waals surface area contributed by atoms with Crippen LogP contribution in [0.3, 0.4) is 0 Å². The number of nitrogens with one attached hydrogen (secondary N) is 1. The van der Waals surface area contributed by atoms with E-state index in [2.05, 4.69) is 10.3 Å². The SMILES string of the molecule is COc1cccc(CC(=O)NCc2csc(C3CC3)n2)c1. The van der Waals surface area contributed by atoms with Gasteiger partial charge in [0.05, 0.1) is 30.8 Å². The van der Waals surface area contributed by atoms with Gasteiger partial charge in [0, 0.05) is 11.3 Å². The van der Waals surface area contributed by atoms with Gasteiger partial charge in [-0.3, -0.25) is 4.79 Å². The highest BCUT2D eigenvalue weighted by Gasteiger charge is 2.26. The average molecular weight is 302 g/mol. The lowest BCUT2D eigenvalue weighted by atomic mass is 10.1. The molecule has 1 aromatic heterocycles. The normalized spacial score (nSPS) is 14.0. The summed E-state index contributed by atoms with van der Waals surface area (Å²) in [6, 6.07) is 7.57. The van der Waals surface area contributed by atoms with Crippen LogP contribution in [0.25, 0.3) is 0 Å². The Balaban J connectivity index is 1.51. The molecule has 0 bridgehead atoms. The number of amides is 1. The maximum absolute atomic E-state index is 12.0. The van der Waals surface area contributed by atoms with E-state index >= 15 is 0 Å². The topological polar surface area (TPSA) is 51.2 Å². The molecule has 4 nitrogen and oxygen atoms in total. The highest BCUT2D eigenvalue weighted by molar-refractivity contribution is 7.09. The van der Waals surface area contributed by atoms with Crippen LogP contribution in [0.15, 0.2) is 29.6 Å². The van der Waals surface area contributed by atoms with E-state index < -0.39 is 0 Å². The molecule has 1 fully saturated rings. The van der Waals surface area contributed by atoms with Crippen molar-refractivity contribution in [1.29, 1.82) is 0 Å². The molecule has 1 aliphatic rings. The molecule has 1 heterocycles. The van der Waals surface area contributed by atoms with Crippen LogP contribution in [0.5, 0.6) is 5.75 Å². The van der Waals surface area contributed by atoms with Crippen LogP contribution in [0.1, 0.15) is 35.0 Å². The quantitative estimate of drug-likeness (QED) is 0.892. The second kappa shape index (κ2) is 6.26. The van der Waals surface area contributed by atoms with Crippen LogP contribution in [0.2, 0.25) is 0 Å². The minimum absolute atomic E-state index is 0.00391. The van der Waals surface area contributed by atoms with Crippen LogP contribution in [-0.2, 0) is 17.8 Å². The Bertz CT molecular complexity index is 635. The van der Waals surface area contributed by atoms with Crippen molar-refractivity contribution >= 4 is 17.2 Å². The first-order valence-electron chi connectivity index (χ1n) is 7.08. The highest BCUT2D eigenvalue weighted by atomic mass is 32.1. The van der Waals surface area contributed by atoms with Crippen LogP contribution in [-0.4, -0.2) is 18.0 Å². The lowest BCUT2D eigenvalue weighted by molar-refractivity contribution is -0.120. The van der Waals surface area contributed by atoms with Crippen molar-refractivity contribution in [2.45, 2.75) is 31.7 Å². The molecule has 0 spiro atoms. The minimum Gasteiger partial charge on any atom is -0.497 e. The first-order chi connectivity index (χ1) is 10.2. The van der Waals surface area contributed by atoms with Crippen molar-refractivity contribution in [3.05, 3.63) is 45.9 Å². The molecule has 1 aliphatic carbocycles. The van der Waals surface area contributed by atoms with Crippen LogP contribution in [0, 0.1) is 0 Å². The average Bonchev–Trinajstić information content (AvgIpc) is 3.24. The van der Waals surface area contributed by atoms with E-state index in [1.807, 2.05) is 29.6 Å². The van der Waals surface area contributed by atoms with Gasteiger partial charge in [-0.1, -0.05) is 12.1 Å². The monoisotopic (exact) mass is 302 g/mol. The van der Waals surface area contributed by atoms with Crippen molar-refractivity contribution in [2.24, 2.45) is 0 Å². The molecule has 110 valence electrons. The number of carbonyl (C=O) groups excluding carboxylic acids is 1. The second-order valence-corrected chi connectivity index (χ2v) is 6.15.